The Kier molecular flexibility index (Phi) is 5.08. The number of carbonyl (C=O) groups is 1. The Morgan fingerprint density at radius 1 is 1.43 bits per heavy atom. The standard InChI is InChI=1S/C15H15N3O5/c1-2-10-4-3-5-12(6-10)23-9-14(20)17-15-13(19)7-11(8-16-15)18(21)22/h3-8,19H,2,9H2,1H3,(H,16,17,20). The zero-order chi connectivity index (χ0) is 16.8. The van der Waals surface area contributed by atoms with Crippen LogP contribution in [0.5, 0.6) is 11.5 Å². The molecule has 23 heavy (non-hydrogen) atoms. The van der Waals surface area contributed by atoms with E-state index in [-0.39, 0.29) is 18.1 Å². The fraction of sp³-hybridized carbons (Fsp3) is 0.200. The summed E-state index contributed by atoms with van der Waals surface area (Å²) < 4.78 is 5.35. The number of ether oxygens (including phenoxy) is 1. The quantitative estimate of drug-likeness (QED) is 0.624. The molecule has 120 valence electrons. The van der Waals surface area contributed by atoms with Gasteiger partial charge in [-0.05, 0) is 24.1 Å². The van der Waals surface area contributed by atoms with Crippen molar-refractivity contribution < 1.29 is 19.6 Å². The first-order chi connectivity index (χ1) is 11.0. The molecule has 0 fully saturated rings. The number of aryl methyl sites for hydroxylation is 1. The van der Waals surface area contributed by atoms with Crippen LogP contribution in [0.25, 0.3) is 0 Å². The molecule has 2 rings (SSSR count). The first kappa shape index (κ1) is 16.2. The third-order valence-electron chi connectivity index (χ3n) is 3.00. The zero-order valence-corrected chi connectivity index (χ0v) is 12.4. The molecule has 8 heteroatoms. The fourth-order valence-corrected chi connectivity index (χ4v) is 1.81. The minimum Gasteiger partial charge on any atom is -0.504 e. The lowest BCUT2D eigenvalue weighted by Gasteiger charge is -2.08. The van der Waals surface area contributed by atoms with E-state index in [9.17, 15) is 20.0 Å². The van der Waals surface area contributed by atoms with Crippen molar-refractivity contribution in [2.45, 2.75) is 13.3 Å². The van der Waals surface area contributed by atoms with E-state index in [2.05, 4.69) is 10.3 Å². The SMILES string of the molecule is CCc1cccc(OCC(=O)Nc2ncc([N+](=O)[O-])cc2O)c1. The Balaban J connectivity index is 1.95. The van der Waals surface area contributed by atoms with Crippen LogP contribution in [0.4, 0.5) is 11.5 Å². The molecule has 1 aromatic carbocycles. The van der Waals surface area contributed by atoms with E-state index in [0.717, 1.165) is 24.2 Å². The highest BCUT2D eigenvalue weighted by molar-refractivity contribution is 5.92. The number of nitrogens with one attached hydrogen (secondary N) is 1. The van der Waals surface area contributed by atoms with Crippen molar-refractivity contribution >= 4 is 17.4 Å². The molecule has 2 aromatic rings. The second kappa shape index (κ2) is 7.21. The maximum atomic E-state index is 11.8. The van der Waals surface area contributed by atoms with Gasteiger partial charge in [0.25, 0.3) is 11.6 Å². The summed E-state index contributed by atoms with van der Waals surface area (Å²) in [5.41, 5.74) is 0.714. The van der Waals surface area contributed by atoms with E-state index >= 15 is 0 Å². The van der Waals surface area contributed by atoms with Crippen molar-refractivity contribution in [2.75, 3.05) is 11.9 Å². The number of nitro groups is 1. The molecule has 2 N–H and O–H groups in total. The van der Waals surface area contributed by atoms with Crippen LogP contribution in [0.2, 0.25) is 0 Å². The lowest BCUT2D eigenvalue weighted by Crippen LogP contribution is -2.20. The highest BCUT2D eigenvalue weighted by atomic mass is 16.6. The van der Waals surface area contributed by atoms with Crippen LogP contribution >= 0.6 is 0 Å². The average molecular weight is 317 g/mol. The van der Waals surface area contributed by atoms with E-state index in [4.69, 9.17) is 4.74 Å². The number of nitrogens with zero attached hydrogens (tertiary/aromatic N) is 2. The highest BCUT2D eigenvalue weighted by Gasteiger charge is 2.14. The van der Waals surface area contributed by atoms with Crippen molar-refractivity contribution in [1.82, 2.24) is 4.98 Å². The van der Waals surface area contributed by atoms with Gasteiger partial charge in [-0.15, -0.1) is 0 Å². The first-order valence-electron chi connectivity index (χ1n) is 6.84. The minimum absolute atomic E-state index is 0.161. The Hall–Kier alpha value is -3.16. The van der Waals surface area contributed by atoms with Crippen LogP contribution < -0.4 is 10.1 Å². The summed E-state index contributed by atoms with van der Waals surface area (Å²) in [6, 6.07) is 8.25. The van der Waals surface area contributed by atoms with Gasteiger partial charge in [0.2, 0.25) is 0 Å². The predicted octanol–water partition coefficient (Wildman–Crippen LogP) is 2.28. The van der Waals surface area contributed by atoms with Gasteiger partial charge in [-0.2, -0.15) is 0 Å². The molecule has 0 unspecified atom stereocenters. The van der Waals surface area contributed by atoms with Crippen LogP contribution in [0.3, 0.4) is 0 Å². The van der Waals surface area contributed by atoms with Gasteiger partial charge in [0.1, 0.15) is 11.9 Å². The molecular weight excluding hydrogens is 302 g/mol. The first-order valence-corrected chi connectivity index (χ1v) is 6.84. The van der Waals surface area contributed by atoms with Gasteiger partial charge in [0.05, 0.1) is 11.0 Å². The van der Waals surface area contributed by atoms with Crippen LogP contribution in [0.15, 0.2) is 36.5 Å². The highest BCUT2D eigenvalue weighted by Crippen LogP contribution is 2.24. The molecule has 0 spiro atoms. The van der Waals surface area contributed by atoms with Crippen molar-refractivity contribution in [3.8, 4) is 11.5 Å². The zero-order valence-electron chi connectivity index (χ0n) is 12.4. The molecule has 0 radical (unpaired) electrons. The molecule has 0 saturated carbocycles. The summed E-state index contributed by atoms with van der Waals surface area (Å²) in [6.45, 7) is 1.74. The molecule has 0 aliphatic rings. The molecule has 0 atom stereocenters. The number of hydrogen-bond donors (Lipinski definition) is 2. The molecule has 8 nitrogen and oxygen atoms in total. The Bertz CT molecular complexity index is 733. The van der Waals surface area contributed by atoms with Crippen LogP contribution in [-0.2, 0) is 11.2 Å². The number of hydrogen-bond acceptors (Lipinski definition) is 6. The summed E-state index contributed by atoms with van der Waals surface area (Å²) in [4.78, 5) is 25.3. The lowest BCUT2D eigenvalue weighted by molar-refractivity contribution is -0.385. The minimum atomic E-state index is -0.692. The third-order valence-corrected chi connectivity index (χ3v) is 3.00. The van der Waals surface area contributed by atoms with Gasteiger partial charge in [-0.3, -0.25) is 14.9 Å². The van der Waals surface area contributed by atoms with Crippen molar-refractivity contribution in [3.05, 3.63) is 52.2 Å². The third kappa shape index (κ3) is 4.40. The summed E-state index contributed by atoms with van der Waals surface area (Å²) in [7, 11) is 0. The average Bonchev–Trinajstić information content (AvgIpc) is 2.55. The van der Waals surface area contributed by atoms with Gasteiger partial charge in [0, 0.05) is 0 Å². The smallest absolute Gasteiger partial charge is 0.291 e. The van der Waals surface area contributed by atoms with Gasteiger partial charge in [0.15, 0.2) is 18.2 Å². The predicted molar refractivity (Wildman–Crippen MR) is 82.5 cm³/mol. The number of aromatic hydroxyl groups is 1. The van der Waals surface area contributed by atoms with Gasteiger partial charge in [-0.1, -0.05) is 19.1 Å². The van der Waals surface area contributed by atoms with Gasteiger partial charge in [-0.25, -0.2) is 4.98 Å². The van der Waals surface area contributed by atoms with Crippen LogP contribution in [0, 0.1) is 10.1 Å². The normalized spacial score (nSPS) is 10.1. The van der Waals surface area contributed by atoms with Gasteiger partial charge >= 0.3 is 0 Å². The number of carbonyl (C=O) groups excluding carboxylic acids is 1. The summed E-state index contributed by atoms with van der Waals surface area (Å²) in [5.74, 6) is -0.629. The molecule has 1 aromatic heterocycles. The topological polar surface area (TPSA) is 115 Å². The van der Waals surface area contributed by atoms with Crippen LogP contribution in [0.1, 0.15) is 12.5 Å². The van der Waals surface area contributed by atoms with E-state index < -0.39 is 16.6 Å². The monoisotopic (exact) mass is 317 g/mol. The van der Waals surface area contributed by atoms with Gasteiger partial charge < -0.3 is 15.2 Å². The maximum absolute atomic E-state index is 11.8. The molecular formula is C15H15N3O5. The molecule has 1 heterocycles. The molecule has 0 aliphatic carbocycles. The van der Waals surface area contributed by atoms with Crippen molar-refractivity contribution in [3.63, 3.8) is 0 Å². The molecule has 0 aliphatic heterocycles. The van der Waals surface area contributed by atoms with Crippen molar-refractivity contribution in [1.29, 1.82) is 0 Å². The number of amides is 1. The maximum Gasteiger partial charge on any atom is 0.291 e. The van der Waals surface area contributed by atoms with E-state index in [0.29, 0.717) is 5.75 Å². The molecule has 0 saturated heterocycles. The number of benzene rings is 1. The number of rotatable bonds is 6. The Labute approximate surface area is 131 Å². The second-order valence-electron chi connectivity index (χ2n) is 4.66. The Morgan fingerprint density at radius 3 is 2.87 bits per heavy atom. The fourth-order valence-electron chi connectivity index (χ4n) is 1.81. The molecule has 1 amide bonds. The lowest BCUT2D eigenvalue weighted by atomic mass is 10.2. The summed E-state index contributed by atoms with van der Waals surface area (Å²) in [5, 5.41) is 22.5. The van der Waals surface area contributed by atoms with E-state index in [1.54, 1.807) is 6.07 Å². The number of anilines is 1. The van der Waals surface area contributed by atoms with E-state index in [1.165, 1.54) is 0 Å². The number of pyridine rings is 1. The largest absolute Gasteiger partial charge is 0.504 e. The molecule has 0 bridgehead atoms. The second-order valence-corrected chi connectivity index (χ2v) is 4.66. The summed E-state index contributed by atoms with van der Waals surface area (Å²) in [6.07, 6.45) is 1.80. The summed E-state index contributed by atoms with van der Waals surface area (Å²) >= 11 is 0. The van der Waals surface area contributed by atoms with Crippen molar-refractivity contribution in [2.24, 2.45) is 0 Å². The number of aromatic nitrogens is 1. The van der Waals surface area contributed by atoms with E-state index in [1.807, 2.05) is 25.1 Å². The Morgan fingerprint density at radius 2 is 2.22 bits per heavy atom. The van der Waals surface area contributed by atoms with Crippen LogP contribution in [-0.4, -0.2) is 27.5 Å².